The van der Waals surface area contributed by atoms with E-state index in [1.165, 1.54) is 12.3 Å². The minimum Gasteiger partial charge on any atom is -0.480 e. The number of aliphatic carboxylic acids is 1. The summed E-state index contributed by atoms with van der Waals surface area (Å²) >= 11 is 0. The fourth-order valence-electron chi connectivity index (χ4n) is 4.51. The molecule has 1 aliphatic heterocycles. The highest BCUT2D eigenvalue weighted by Gasteiger charge is 2.28. The van der Waals surface area contributed by atoms with Gasteiger partial charge in [0, 0.05) is 19.2 Å². The molecular weight excluding hydrogens is 398 g/mol. The van der Waals surface area contributed by atoms with Crippen LogP contribution in [0.5, 0.6) is 11.5 Å². The van der Waals surface area contributed by atoms with E-state index in [1.807, 2.05) is 0 Å². The molecular formula is C23H27N3O5. The summed E-state index contributed by atoms with van der Waals surface area (Å²) < 4.78 is 6.85. The molecule has 1 aromatic heterocycles. The SMILES string of the molecule is O=C(O)C(CC1CCCC1)n1ncc(Oc2ccccc2C(=O)N2CCCC2)cc1=O. The van der Waals surface area contributed by atoms with Gasteiger partial charge in [0.25, 0.3) is 11.5 Å². The molecule has 8 nitrogen and oxygen atoms in total. The molecule has 1 N–H and O–H groups in total. The average molecular weight is 425 g/mol. The number of carbonyl (C=O) groups is 2. The van der Waals surface area contributed by atoms with Crippen molar-refractivity contribution in [2.24, 2.45) is 5.92 Å². The summed E-state index contributed by atoms with van der Waals surface area (Å²) in [4.78, 5) is 39.0. The van der Waals surface area contributed by atoms with Gasteiger partial charge in [-0.3, -0.25) is 9.59 Å². The van der Waals surface area contributed by atoms with Crippen LogP contribution in [0.3, 0.4) is 0 Å². The largest absolute Gasteiger partial charge is 0.480 e. The number of ether oxygens (including phenoxy) is 1. The Balaban J connectivity index is 1.54. The van der Waals surface area contributed by atoms with Crippen molar-refractivity contribution < 1.29 is 19.4 Å². The third-order valence-corrected chi connectivity index (χ3v) is 6.15. The molecule has 1 unspecified atom stereocenters. The maximum Gasteiger partial charge on any atom is 0.328 e. The van der Waals surface area contributed by atoms with Gasteiger partial charge in [0.1, 0.15) is 5.75 Å². The van der Waals surface area contributed by atoms with E-state index in [0.29, 0.717) is 23.7 Å². The van der Waals surface area contributed by atoms with Gasteiger partial charge < -0.3 is 14.7 Å². The van der Waals surface area contributed by atoms with Crippen LogP contribution in [0.15, 0.2) is 41.3 Å². The van der Waals surface area contributed by atoms with Gasteiger partial charge in [0.05, 0.1) is 11.8 Å². The lowest BCUT2D eigenvalue weighted by molar-refractivity contribution is -0.142. The maximum absolute atomic E-state index is 12.8. The number of hydrogen-bond donors (Lipinski definition) is 1. The van der Waals surface area contributed by atoms with Crippen LogP contribution in [-0.2, 0) is 4.79 Å². The van der Waals surface area contributed by atoms with E-state index in [1.54, 1.807) is 29.2 Å². The Labute approximate surface area is 180 Å². The molecule has 2 fully saturated rings. The summed E-state index contributed by atoms with van der Waals surface area (Å²) in [6.45, 7) is 1.45. The van der Waals surface area contributed by atoms with Gasteiger partial charge in [0.15, 0.2) is 11.8 Å². The Morgan fingerprint density at radius 2 is 1.84 bits per heavy atom. The molecule has 2 aromatic rings. The van der Waals surface area contributed by atoms with Gasteiger partial charge in [-0.05, 0) is 37.3 Å². The number of nitrogens with zero attached hydrogens (tertiary/aromatic N) is 3. The third-order valence-electron chi connectivity index (χ3n) is 6.15. The number of benzene rings is 1. The first-order valence-corrected chi connectivity index (χ1v) is 10.9. The van der Waals surface area contributed by atoms with Gasteiger partial charge in [0.2, 0.25) is 0 Å². The Kier molecular flexibility index (Phi) is 6.34. The highest BCUT2D eigenvalue weighted by Crippen LogP contribution is 2.32. The van der Waals surface area contributed by atoms with Crippen molar-refractivity contribution in [1.29, 1.82) is 0 Å². The predicted molar refractivity (Wildman–Crippen MR) is 113 cm³/mol. The van der Waals surface area contributed by atoms with Gasteiger partial charge in [-0.2, -0.15) is 5.10 Å². The van der Waals surface area contributed by atoms with E-state index in [9.17, 15) is 19.5 Å². The molecule has 8 heteroatoms. The van der Waals surface area contributed by atoms with Crippen molar-refractivity contribution >= 4 is 11.9 Å². The number of amides is 1. The first kappa shape index (κ1) is 21.1. The van der Waals surface area contributed by atoms with Gasteiger partial charge in [-0.15, -0.1) is 0 Å². The lowest BCUT2D eigenvalue weighted by Crippen LogP contribution is -2.32. The number of rotatable bonds is 7. The molecule has 1 aromatic carbocycles. The summed E-state index contributed by atoms with van der Waals surface area (Å²) in [5.41, 5.74) is -0.107. The summed E-state index contributed by atoms with van der Waals surface area (Å²) in [6, 6.07) is 7.14. The number of carboxylic acid groups (broad SMARTS) is 1. The molecule has 4 rings (SSSR count). The molecule has 1 atom stereocenters. The molecule has 2 aliphatic rings. The van der Waals surface area contributed by atoms with Crippen LogP contribution >= 0.6 is 0 Å². The Bertz CT molecular complexity index is 1010. The van der Waals surface area contributed by atoms with Gasteiger partial charge >= 0.3 is 5.97 Å². The summed E-state index contributed by atoms with van der Waals surface area (Å²) in [7, 11) is 0. The van der Waals surface area contributed by atoms with Crippen LogP contribution in [0.2, 0.25) is 0 Å². The van der Waals surface area contributed by atoms with Crippen molar-refractivity contribution in [3.8, 4) is 11.5 Å². The lowest BCUT2D eigenvalue weighted by atomic mass is 9.98. The van der Waals surface area contributed by atoms with E-state index in [2.05, 4.69) is 5.10 Å². The molecule has 31 heavy (non-hydrogen) atoms. The zero-order valence-corrected chi connectivity index (χ0v) is 17.4. The molecule has 0 radical (unpaired) electrons. The second-order valence-corrected chi connectivity index (χ2v) is 8.31. The van der Waals surface area contributed by atoms with Crippen molar-refractivity contribution in [1.82, 2.24) is 14.7 Å². The zero-order valence-electron chi connectivity index (χ0n) is 17.4. The maximum atomic E-state index is 12.8. The van der Waals surface area contributed by atoms with Gasteiger partial charge in [-0.25, -0.2) is 9.48 Å². The Morgan fingerprint density at radius 1 is 1.13 bits per heavy atom. The standard InChI is InChI=1S/C23H27N3O5/c27-21-14-17(15-24-26(21)19(23(29)30)13-16-7-1-2-8-16)31-20-10-4-3-9-18(20)22(28)25-11-5-6-12-25/h3-4,9-10,14-16,19H,1-2,5-8,11-13H2,(H,29,30). The summed E-state index contributed by atoms with van der Waals surface area (Å²) in [5, 5.41) is 13.7. The van der Waals surface area contributed by atoms with Crippen LogP contribution in [-0.4, -0.2) is 44.8 Å². The second kappa shape index (κ2) is 9.32. The number of carbonyl (C=O) groups excluding carboxylic acids is 1. The van der Waals surface area contributed by atoms with Crippen LogP contribution in [0.25, 0.3) is 0 Å². The Hall–Kier alpha value is -3.16. The van der Waals surface area contributed by atoms with Crippen molar-refractivity contribution in [2.75, 3.05) is 13.1 Å². The highest BCUT2D eigenvalue weighted by atomic mass is 16.5. The summed E-state index contributed by atoms with van der Waals surface area (Å²) in [6.07, 6.45) is 7.89. The summed E-state index contributed by atoms with van der Waals surface area (Å²) in [5.74, 6) is -0.338. The Morgan fingerprint density at radius 3 is 2.52 bits per heavy atom. The van der Waals surface area contributed by atoms with Crippen molar-refractivity contribution in [3.63, 3.8) is 0 Å². The zero-order chi connectivity index (χ0) is 21.8. The minimum atomic E-state index is -1.06. The molecule has 0 bridgehead atoms. The van der Waals surface area contributed by atoms with Crippen molar-refractivity contribution in [2.45, 2.75) is 51.0 Å². The molecule has 1 amide bonds. The first-order valence-electron chi connectivity index (χ1n) is 10.9. The average Bonchev–Trinajstić information content (AvgIpc) is 3.47. The van der Waals surface area contributed by atoms with Crippen LogP contribution in [0.4, 0.5) is 0 Å². The third kappa shape index (κ3) is 4.78. The fourth-order valence-corrected chi connectivity index (χ4v) is 4.51. The van der Waals surface area contributed by atoms with Crippen LogP contribution in [0.1, 0.15) is 61.3 Å². The predicted octanol–water partition coefficient (Wildman–Crippen LogP) is 3.48. The number of para-hydroxylation sites is 1. The normalized spacial score (nSPS) is 17.6. The second-order valence-electron chi connectivity index (χ2n) is 8.31. The quantitative estimate of drug-likeness (QED) is 0.729. The minimum absolute atomic E-state index is 0.100. The van der Waals surface area contributed by atoms with Crippen molar-refractivity contribution in [3.05, 3.63) is 52.4 Å². The number of likely N-dealkylation sites (tertiary alicyclic amines) is 1. The van der Waals surface area contributed by atoms with E-state index in [4.69, 9.17) is 4.74 Å². The first-order chi connectivity index (χ1) is 15.0. The topological polar surface area (TPSA) is 102 Å². The molecule has 2 heterocycles. The van der Waals surface area contributed by atoms with Gasteiger partial charge in [-0.1, -0.05) is 37.8 Å². The van der Waals surface area contributed by atoms with Crippen LogP contribution in [0, 0.1) is 5.92 Å². The highest BCUT2D eigenvalue weighted by molar-refractivity contribution is 5.97. The lowest BCUT2D eigenvalue weighted by Gasteiger charge is -2.19. The van der Waals surface area contributed by atoms with E-state index in [0.717, 1.165) is 56.3 Å². The smallest absolute Gasteiger partial charge is 0.328 e. The fraction of sp³-hybridized carbons (Fsp3) is 0.478. The monoisotopic (exact) mass is 425 g/mol. The van der Waals surface area contributed by atoms with E-state index in [-0.39, 0.29) is 11.7 Å². The van der Waals surface area contributed by atoms with E-state index < -0.39 is 17.6 Å². The molecule has 0 spiro atoms. The molecule has 1 saturated heterocycles. The number of aromatic nitrogens is 2. The molecule has 1 saturated carbocycles. The molecule has 1 aliphatic carbocycles. The van der Waals surface area contributed by atoms with E-state index >= 15 is 0 Å². The number of carboxylic acids is 1. The van der Waals surface area contributed by atoms with Crippen LogP contribution < -0.4 is 10.3 Å². The number of hydrogen-bond acceptors (Lipinski definition) is 5. The molecule has 164 valence electrons.